The Morgan fingerprint density at radius 3 is 1.75 bits per heavy atom. The molecule has 0 saturated carbocycles. The van der Waals surface area contributed by atoms with Gasteiger partial charge in [0.1, 0.15) is 0 Å². The van der Waals surface area contributed by atoms with Crippen LogP contribution in [0.5, 0.6) is 0 Å². The third kappa shape index (κ3) is 6.73. The SMILES string of the molecule is CCCC(CCC)COC(=O)c1ccccc1C(=O)OCC(C)C. The summed E-state index contributed by atoms with van der Waals surface area (Å²) in [5.74, 6) is -0.305. The van der Waals surface area contributed by atoms with Crippen LogP contribution in [-0.2, 0) is 9.47 Å². The number of rotatable bonds is 10. The van der Waals surface area contributed by atoms with E-state index in [0.717, 1.165) is 25.7 Å². The van der Waals surface area contributed by atoms with Crippen molar-refractivity contribution in [3.8, 4) is 0 Å². The highest BCUT2D eigenvalue weighted by Gasteiger charge is 2.20. The third-order valence-corrected chi connectivity index (χ3v) is 3.76. The molecule has 134 valence electrons. The fourth-order valence-corrected chi connectivity index (χ4v) is 2.56. The van der Waals surface area contributed by atoms with E-state index in [-0.39, 0.29) is 17.0 Å². The van der Waals surface area contributed by atoms with Gasteiger partial charge in [0.2, 0.25) is 0 Å². The number of carbonyl (C=O) groups excluding carboxylic acids is 2. The fourth-order valence-electron chi connectivity index (χ4n) is 2.56. The van der Waals surface area contributed by atoms with Crippen LogP contribution in [0.3, 0.4) is 0 Å². The molecule has 4 nitrogen and oxygen atoms in total. The van der Waals surface area contributed by atoms with Gasteiger partial charge in [-0.05, 0) is 36.8 Å². The van der Waals surface area contributed by atoms with Crippen LogP contribution in [0.15, 0.2) is 24.3 Å². The number of benzene rings is 1. The Morgan fingerprint density at radius 1 is 0.875 bits per heavy atom. The van der Waals surface area contributed by atoms with E-state index in [0.29, 0.717) is 19.1 Å². The van der Waals surface area contributed by atoms with Gasteiger partial charge in [0, 0.05) is 0 Å². The van der Waals surface area contributed by atoms with E-state index < -0.39 is 11.9 Å². The Hall–Kier alpha value is -1.84. The minimum Gasteiger partial charge on any atom is -0.462 e. The smallest absolute Gasteiger partial charge is 0.339 e. The number of ether oxygens (including phenoxy) is 2. The zero-order valence-corrected chi connectivity index (χ0v) is 15.3. The molecule has 0 aromatic heterocycles. The Morgan fingerprint density at radius 2 is 1.33 bits per heavy atom. The molecule has 1 rings (SSSR count). The predicted molar refractivity (Wildman–Crippen MR) is 95.2 cm³/mol. The number of carbonyl (C=O) groups is 2. The second-order valence-corrected chi connectivity index (χ2v) is 6.58. The molecule has 0 atom stereocenters. The van der Waals surface area contributed by atoms with Crippen LogP contribution < -0.4 is 0 Å². The Labute approximate surface area is 145 Å². The van der Waals surface area contributed by atoms with Gasteiger partial charge in [0.25, 0.3) is 0 Å². The van der Waals surface area contributed by atoms with Crippen molar-refractivity contribution in [3.05, 3.63) is 35.4 Å². The van der Waals surface area contributed by atoms with E-state index in [1.807, 2.05) is 13.8 Å². The molecule has 0 bridgehead atoms. The Bertz CT molecular complexity index is 516. The minimum atomic E-state index is -0.477. The van der Waals surface area contributed by atoms with Gasteiger partial charge in [-0.1, -0.05) is 52.7 Å². The molecule has 0 spiro atoms. The van der Waals surface area contributed by atoms with Gasteiger partial charge in [-0.15, -0.1) is 0 Å². The zero-order chi connectivity index (χ0) is 17.9. The van der Waals surface area contributed by atoms with Gasteiger partial charge in [-0.25, -0.2) is 9.59 Å². The summed E-state index contributed by atoms with van der Waals surface area (Å²) in [7, 11) is 0. The molecule has 0 unspecified atom stereocenters. The maximum atomic E-state index is 12.4. The van der Waals surface area contributed by atoms with Crippen LogP contribution in [-0.4, -0.2) is 25.2 Å². The molecule has 4 heteroatoms. The molecule has 0 aliphatic carbocycles. The lowest BCUT2D eigenvalue weighted by atomic mass is 9.99. The lowest BCUT2D eigenvalue weighted by Gasteiger charge is -2.16. The second-order valence-electron chi connectivity index (χ2n) is 6.58. The molecule has 24 heavy (non-hydrogen) atoms. The summed E-state index contributed by atoms with van der Waals surface area (Å²) in [5.41, 5.74) is 0.545. The van der Waals surface area contributed by atoms with E-state index in [2.05, 4.69) is 13.8 Å². The molecule has 0 aliphatic heterocycles. The van der Waals surface area contributed by atoms with E-state index in [1.165, 1.54) is 0 Å². The lowest BCUT2D eigenvalue weighted by Crippen LogP contribution is -2.18. The van der Waals surface area contributed by atoms with Crippen LogP contribution in [0.25, 0.3) is 0 Å². The van der Waals surface area contributed by atoms with Gasteiger partial charge in [0.05, 0.1) is 24.3 Å². The fraction of sp³-hybridized carbons (Fsp3) is 0.600. The summed E-state index contributed by atoms with van der Waals surface area (Å²) in [4.78, 5) is 24.6. The summed E-state index contributed by atoms with van der Waals surface area (Å²) in [6, 6.07) is 6.67. The standard InChI is InChI=1S/C20H30O4/c1-5-9-16(10-6-2)14-24-20(22)18-12-8-7-11-17(18)19(21)23-13-15(3)4/h7-8,11-12,15-16H,5-6,9-10,13-14H2,1-4H3. The highest BCUT2D eigenvalue weighted by molar-refractivity contribution is 6.03. The first-order valence-corrected chi connectivity index (χ1v) is 8.92. The molecular weight excluding hydrogens is 304 g/mol. The summed E-state index contributed by atoms with van der Waals surface area (Å²) in [6.07, 6.45) is 4.22. The first-order valence-electron chi connectivity index (χ1n) is 8.92. The molecule has 1 aromatic rings. The van der Waals surface area contributed by atoms with Crippen molar-refractivity contribution < 1.29 is 19.1 Å². The van der Waals surface area contributed by atoms with Crippen LogP contribution in [0, 0.1) is 11.8 Å². The van der Waals surface area contributed by atoms with E-state index >= 15 is 0 Å². The molecule has 0 saturated heterocycles. The summed E-state index contributed by atoms with van der Waals surface area (Å²) < 4.78 is 10.7. The molecular formula is C20H30O4. The molecule has 0 fully saturated rings. The normalized spacial score (nSPS) is 10.9. The Balaban J connectivity index is 2.74. The molecule has 1 aromatic carbocycles. The van der Waals surface area contributed by atoms with Gasteiger partial charge < -0.3 is 9.47 Å². The lowest BCUT2D eigenvalue weighted by molar-refractivity contribution is 0.0392. The molecule has 0 heterocycles. The van der Waals surface area contributed by atoms with Crippen molar-refractivity contribution in [1.29, 1.82) is 0 Å². The highest BCUT2D eigenvalue weighted by atomic mass is 16.5. The van der Waals surface area contributed by atoms with E-state index in [1.54, 1.807) is 24.3 Å². The first kappa shape index (κ1) is 20.2. The van der Waals surface area contributed by atoms with Crippen LogP contribution >= 0.6 is 0 Å². The van der Waals surface area contributed by atoms with Gasteiger partial charge in [-0.2, -0.15) is 0 Å². The average molecular weight is 334 g/mol. The maximum absolute atomic E-state index is 12.4. The average Bonchev–Trinajstić information content (AvgIpc) is 2.57. The van der Waals surface area contributed by atoms with Crippen molar-refractivity contribution >= 4 is 11.9 Å². The van der Waals surface area contributed by atoms with Gasteiger partial charge in [-0.3, -0.25) is 0 Å². The first-order chi connectivity index (χ1) is 11.5. The number of hydrogen-bond donors (Lipinski definition) is 0. The van der Waals surface area contributed by atoms with Crippen molar-refractivity contribution in [2.75, 3.05) is 13.2 Å². The predicted octanol–water partition coefficient (Wildman–Crippen LogP) is 4.87. The van der Waals surface area contributed by atoms with Crippen LogP contribution in [0.1, 0.15) is 74.1 Å². The highest BCUT2D eigenvalue weighted by Crippen LogP contribution is 2.17. The van der Waals surface area contributed by atoms with E-state index in [4.69, 9.17) is 9.47 Å². The summed E-state index contributed by atoms with van der Waals surface area (Å²) in [6.45, 7) is 8.92. The van der Waals surface area contributed by atoms with Crippen molar-refractivity contribution in [2.24, 2.45) is 11.8 Å². The van der Waals surface area contributed by atoms with Gasteiger partial charge in [0.15, 0.2) is 0 Å². The maximum Gasteiger partial charge on any atom is 0.339 e. The molecule has 0 N–H and O–H groups in total. The Kier molecular flexibility index (Phi) is 9.13. The summed E-state index contributed by atoms with van der Waals surface area (Å²) in [5, 5.41) is 0. The second kappa shape index (κ2) is 10.8. The minimum absolute atomic E-state index is 0.247. The molecule has 0 amide bonds. The van der Waals surface area contributed by atoms with Crippen molar-refractivity contribution in [1.82, 2.24) is 0 Å². The zero-order valence-electron chi connectivity index (χ0n) is 15.3. The van der Waals surface area contributed by atoms with Gasteiger partial charge >= 0.3 is 11.9 Å². The van der Waals surface area contributed by atoms with Crippen LogP contribution in [0.2, 0.25) is 0 Å². The van der Waals surface area contributed by atoms with Crippen molar-refractivity contribution in [2.45, 2.75) is 53.4 Å². The molecule has 0 aliphatic rings. The quantitative estimate of drug-likeness (QED) is 0.573. The summed E-state index contributed by atoms with van der Waals surface area (Å²) >= 11 is 0. The third-order valence-electron chi connectivity index (χ3n) is 3.76. The number of hydrogen-bond acceptors (Lipinski definition) is 4. The number of esters is 2. The molecule has 0 radical (unpaired) electrons. The van der Waals surface area contributed by atoms with E-state index in [9.17, 15) is 9.59 Å². The largest absolute Gasteiger partial charge is 0.462 e. The van der Waals surface area contributed by atoms with Crippen molar-refractivity contribution in [3.63, 3.8) is 0 Å². The monoisotopic (exact) mass is 334 g/mol. The van der Waals surface area contributed by atoms with Crippen LogP contribution in [0.4, 0.5) is 0 Å². The topological polar surface area (TPSA) is 52.6 Å².